The van der Waals surface area contributed by atoms with Crippen molar-refractivity contribution in [2.24, 2.45) is 0 Å². The Hall–Kier alpha value is -3.66. The highest BCUT2D eigenvalue weighted by Gasteiger charge is 2.39. The van der Waals surface area contributed by atoms with Crippen molar-refractivity contribution in [2.75, 3.05) is 6.61 Å². The molecule has 0 saturated heterocycles. The second kappa shape index (κ2) is 8.12. The molecule has 2 aliphatic rings. The number of hydrogen-bond acceptors (Lipinski definition) is 7. The molecule has 0 spiro atoms. The number of hydrogen-bond donors (Lipinski definition) is 1. The van der Waals surface area contributed by atoms with Gasteiger partial charge in [0.05, 0.1) is 42.1 Å². The molecular weight excluding hydrogens is 418 g/mol. The first kappa shape index (κ1) is 21.6. The van der Waals surface area contributed by atoms with Gasteiger partial charge in [-0.3, -0.25) is 9.59 Å². The van der Waals surface area contributed by atoms with Gasteiger partial charge in [-0.1, -0.05) is 17.2 Å². The van der Waals surface area contributed by atoms with E-state index in [2.05, 4.69) is 5.32 Å². The summed E-state index contributed by atoms with van der Waals surface area (Å²) in [6, 6.07) is 7.80. The molecule has 0 bridgehead atoms. The topological polar surface area (TPSA) is 116 Å². The van der Waals surface area contributed by atoms with E-state index in [9.17, 15) is 19.2 Å². The van der Waals surface area contributed by atoms with Crippen molar-refractivity contribution >= 4 is 23.9 Å². The summed E-state index contributed by atoms with van der Waals surface area (Å²) in [7, 11) is 0. The molecule has 1 aromatic heterocycles. The molecule has 10 nitrogen and oxygen atoms in total. The first-order valence-corrected chi connectivity index (χ1v) is 10.1. The molecule has 32 heavy (non-hydrogen) atoms. The molecule has 0 saturated carbocycles. The number of nitrogens with one attached hydrogen (secondary N) is 1. The zero-order valence-corrected chi connectivity index (χ0v) is 18.0. The number of amides is 3. The lowest BCUT2D eigenvalue weighted by Crippen LogP contribution is -2.33. The van der Waals surface area contributed by atoms with Crippen molar-refractivity contribution in [3.8, 4) is 0 Å². The van der Waals surface area contributed by atoms with Gasteiger partial charge in [-0.2, -0.15) is 0 Å². The highest BCUT2D eigenvalue weighted by molar-refractivity contribution is 6.21. The molecule has 0 radical (unpaired) electrons. The first-order chi connectivity index (χ1) is 15.2. The summed E-state index contributed by atoms with van der Waals surface area (Å²) in [6.07, 6.45) is -0.588. The van der Waals surface area contributed by atoms with Crippen LogP contribution in [0.3, 0.4) is 0 Å². The van der Waals surface area contributed by atoms with Gasteiger partial charge >= 0.3 is 12.1 Å². The van der Waals surface area contributed by atoms with E-state index in [1.54, 1.807) is 39.0 Å². The molecular formula is C22H23N3O7. The normalized spacial score (nSPS) is 15.3. The number of fused-ring (bicyclic) bond motifs is 2. The van der Waals surface area contributed by atoms with E-state index in [4.69, 9.17) is 14.3 Å². The van der Waals surface area contributed by atoms with E-state index in [0.29, 0.717) is 29.6 Å². The Morgan fingerprint density at radius 1 is 1.12 bits per heavy atom. The quantitative estimate of drug-likeness (QED) is 0.724. The van der Waals surface area contributed by atoms with Crippen LogP contribution in [0, 0.1) is 0 Å². The van der Waals surface area contributed by atoms with E-state index < -0.39 is 29.5 Å². The smallest absolute Gasteiger partial charge is 0.407 e. The molecule has 2 aliphatic heterocycles. The van der Waals surface area contributed by atoms with Crippen LogP contribution in [0.1, 0.15) is 63.2 Å². The fourth-order valence-corrected chi connectivity index (χ4v) is 3.59. The molecule has 0 unspecified atom stereocenters. The standard InChI is InChI=1S/C22H23N3O7/c1-22(2,3)31-21(29)23-11-13-10-16(17-12-30-9-8-24(13)17)20(28)32-25-18(26)14-6-4-5-7-15(14)19(25)27/h4-7,10H,8-9,11-12H2,1-3H3,(H,23,29). The molecule has 1 N–H and O–H groups in total. The lowest BCUT2D eigenvalue weighted by molar-refractivity contribution is -0.0587. The van der Waals surface area contributed by atoms with E-state index in [1.807, 2.05) is 4.57 Å². The van der Waals surface area contributed by atoms with E-state index in [1.165, 1.54) is 12.1 Å². The van der Waals surface area contributed by atoms with Crippen molar-refractivity contribution in [1.29, 1.82) is 0 Å². The predicted molar refractivity (Wildman–Crippen MR) is 110 cm³/mol. The molecule has 2 aromatic rings. The number of rotatable bonds is 4. The van der Waals surface area contributed by atoms with Gasteiger partial charge in [-0.05, 0) is 39.0 Å². The zero-order valence-electron chi connectivity index (χ0n) is 18.0. The maximum atomic E-state index is 12.9. The number of aromatic nitrogens is 1. The van der Waals surface area contributed by atoms with Gasteiger partial charge in [0.2, 0.25) is 0 Å². The van der Waals surface area contributed by atoms with Crippen molar-refractivity contribution in [1.82, 2.24) is 14.9 Å². The molecule has 1 aromatic carbocycles. The van der Waals surface area contributed by atoms with Crippen LogP contribution in [-0.4, -0.2) is 45.7 Å². The van der Waals surface area contributed by atoms with Crippen LogP contribution in [0.15, 0.2) is 30.3 Å². The number of carbonyl (C=O) groups is 4. The third-order valence-electron chi connectivity index (χ3n) is 4.96. The molecule has 0 aliphatic carbocycles. The fraction of sp³-hybridized carbons (Fsp3) is 0.364. The number of ether oxygens (including phenoxy) is 2. The van der Waals surface area contributed by atoms with E-state index in [-0.39, 0.29) is 29.8 Å². The third-order valence-corrected chi connectivity index (χ3v) is 4.96. The molecule has 10 heteroatoms. The van der Waals surface area contributed by atoms with Gasteiger partial charge in [-0.25, -0.2) is 9.59 Å². The van der Waals surface area contributed by atoms with Crippen LogP contribution in [0.4, 0.5) is 4.79 Å². The van der Waals surface area contributed by atoms with Gasteiger partial charge < -0.3 is 24.2 Å². The average Bonchev–Trinajstić information content (AvgIpc) is 3.23. The summed E-state index contributed by atoms with van der Waals surface area (Å²) in [5, 5.41) is 3.14. The molecule has 4 rings (SSSR count). The van der Waals surface area contributed by atoms with Gasteiger partial charge in [0.1, 0.15) is 5.60 Å². The number of imide groups is 1. The Bertz CT molecular complexity index is 1080. The summed E-state index contributed by atoms with van der Waals surface area (Å²) in [4.78, 5) is 55.1. The van der Waals surface area contributed by atoms with Crippen molar-refractivity contribution in [3.05, 3.63) is 58.4 Å². The third kappa shape index (κ3) is 4.09. The van der Waals surface area contributed by atoms with Gasteiger partial charge in [-0.15, -0.1) is 0 Å². The van der Waals surface area contributed by atoms with Crippen LogP contribution in [0.5, 0.6) is 0 Å². The Morgan fingerprint density at radius 3 is 2.41 bits per heavy atom. The van der Waals surface area contributed by atoms with Gasteiger partial charge in [0.25, 0.3) is 11.8 Å². The van der Waals surface area contributed by atoms with Crippen LogP contribution < -0.4 is 5.32 Å². The Labute approximate surface area is 184 Å². The van der Waals surface area contributed by atoms with Gasteiger partial charge in [0, 0.05) is 12.2 Å². The minimum absolute atomic E-state index is 0.113. The lowest BCUT2D eigenvalue weighted by Gasteiger charge is -2.21. The molecule has 0 fully saturated rings. The van der Waals surface area contributed by atoms with E-state index in [0.717, 1.165) is 0 Å². The Morgan fingerprint density at radius 2 is 1.78 bits per heavy atom. The fourth-order valence-electron chi connectivity index (χ4n) is 3.59. The van der Waals surface area contributed by atoms with Crippen LogP contribution in [0.2, 0.25) is 0 Å². The zero-order chi connectivity index (χ0) is 23.0. The number of alkyl carbamates (subject to hydrolysis) is 1. The number of nitrogens with zero attached hydrogens (tertiary/aromatic N) is 2. The highest BCUT2D eigenvalue weighted by atomic mass is 16.7. The molecule has 3 amide bonds. The SMILES string of the molecule is CC(C)(C)OC(=O)NCc1cc(C(=O)ON2C(=O)c3ccccc3C2=O)c2n1CCOC2. The first-order valence-electron chi connectivity index (χ1n) is 10.1. The minimum Gasteiger partial charge on any atom is -0.444 e. The van der Waals surface area contributed by atoms with Crippen molar-refractivity contribution in [3.63, 3.8) is 0 Å². The number of benzene rings is 1. The lowest BCUT2D eigenvalue weighted by atomic mass is 10.1. The van der Waals surface area contributed by atoms with Crippen molar-refractivity contribution in [2.45, 2.75) is 46.1 Å². The second-order valence-corrected chi connectivity index (χ2v) is 8.38. The molecule has 3 heterocycles. The maximum absolute atomic E-state index is 12.9. The van der Waals surface area contributed by atoms with Crippen LogP contribution >= 0.6 is 0 Å². The number of carbonyl (C=O) groups excluding carboxylic acids is 4. The summed E-state index contributed by atoms with van der Waals surface area (Å²) < 4.78 is 12.6. The maximum Gasteiger partial charge on any atom is 0.407 e. The largest absolute Gasteiger partial charge is 0.444 e. The van der Waals surface area contributed by atoms with Crippen LogP contribution in [-0.2, 0) is 34.0 Å². The monoisotopic (exact) mass is 441 g/mol. The molecule has 0 atom stereocenters. The summed E-state index contributed by atoms with van der Waals surface area (Å²) in [5.74, 6) is -2.26. The highest BCUT2D eigenvalue weighted by Crippen LogP contribution is 2.26. The Balaban J connectivity index is 1.52. The summed E-state index contributed by atoms with van der Waals surface area (Å²) in [6.45, 7) is 6.46. The Kier molecular flexibility index (Phi) is 5.47. The summed E-state index contributed by atoms with van der Waals surface area (Å²) in [5.41, 5.74) is 1.05. The molecule has 168 valence electrons. The minimum atomic E-state index is -0.864. The average molecular weight is 441 g/mol. The van der Waals surface area contributed by atoms with Crippen molar-refractivity contribution < 1.29 is 33.5 Å². The van der Waals surface area contributed by atoms with Gasteiger partial charge in [0.15, 0.2) is 0 Å². The number of hydroxylamine groups is 2. The van der Waals surface area contributed by atoms with Crippen LogP contribution in [0.25, 0.3) is 0 Å². The van der Waals surface area contributed by atoms with E-state index >= 15 is 0 Å². The summed E-state index contributed by atoms with van der Waals surface area (Å²) >= 11 is 0. The second-order valence-electron chi connectivity index (χ2n) is 8.38. The predicted octanol–water partition coefficient (Wildman–Crippen LogP) is 2.41.